The van der Waals surface area contributed by atoms with Crippen molar-refractivity contribution in [3.8, 4) is 0 Å². The van der Waals surface area contributed by atoms with Gasteiger partial charge in [-0.2, -0.15) is 0 Å². The molecule has 4 atom stereocenters. The first kappa shape index (κ1) is 20.7. The van der Waals surface area contributed by atoms with E-state index in [9.17, 15) is 24.5 Å². The minimum absolute atomic E-state index is 0.0777. The molecule has 0 radical (unpaired) electrons. The van der Waals surface area contributed by atoms with Gasteiger partial charge in [-0.05, 0) is 9.91 Å². The Hall–Kier alpha value is -2.61. The van der Waals surface area contributed by atoms with E-state index in [-0.39, 0.29) is 11.3 Å². The summed E-state index contributed by atoms with van der Waals surface area (Å²) < 4.78 is 21.8. The molecule has 1 aliphatic rings. The Kier molecular flexibility index (Phi) is 6.43. The lowest BCUT2D eigenvalue weighted by Crippen LogP contribution is -2.40. The lowest BCUT2D eigenvalue weighted by molar-refractivity contribution is -0.394. The Morgan fingerprint density at radius 2 is 1.78 bits per heavy atom. The molecule has 27 heavy (non-hydrogen) atoms. The first-order chi connectivity index (χ1) is 12.6. The minimum Gasteiger partial charge on any atom is -0.463 e. The highest BCUT2D eigenvalue weighted by Crippen LogP contribution is 2.36. The molecule has 1 aliphatic heterocycles. The van der Waals surface area contributed by atoms with Crippen LogP contribution in [0.1, 0.15) is 27.0 Å². The normalized spacial score (nSPS) is 24.3. The Balaban J connectivity index is 2.40. The molecule has 13 nitrogen and oxygen atoms in total. The SMILES string of the molecule is CC(=O)OC[C@H]1O[C@@H](n2nc([N+](=O)[O-])nc2Br)[C@@H](OC(C)=O)[C@@H]1OC(C)=O. The third-order valence-electron chi connectivity index (χ3n) is 3.32. The zero-order chi connectivity index (χ0) is 20.3. The first-order valence-corrected chi connectivity index (χ1v) is 8.29. The van der Waals surface area contributed by atoms with Gasteiger partial charge in [-0.25, -0.2) is 0 Å². The first-order valence-electron chi connectivity index (χ1n) is 7.49. The fourth-order valence-electron chi connectivity index (χ4n) is 2.42. The topological polar surface area (TPSA) is 162 Å². The number of rotatable bonds is 6. The van der Waals surface area contributed by atoms with E-state index in [1.807, 2.05) is 0 Å². The van der Waals surface area contributed by atoms with Crippen LogP contribution in [0.5, 0.6) is 0 Å². The summed E-state index contributed by atoms with van der Waals surface area (Å²) in [6.45, 7) is 3.13. The van der Waals surface area contributed by atoms with Gasteiger partial charge in [0.15, 0.2) is 12.2 Å². The monoisotopic (exact) mass is 450 g/mol. The predicted molar refractivity (Wildman–Crippen MR) is 86.0 cm³/mol. The molecule has 0 spiro atoms. The van der Waals surface area contributed by atoms with Gasteiger partial charge >= 0.3 is 23.9 Å². The van der Waals surface area contributed by atoms with E-state index in [1.54, 1.807) is 0 Å². The number of hydrogen-bond acceptors (Lipinski definition) is 11. The Labute approximate surface area is 160 Å². The molecular formula is C13H15BrN4O9. The molecule has 1 aromatic rings. The predicted octanol–water partition coefficient (Wildman–Crippen LogP) is 0.273. The average molecular weight is 451 g/mol. The van der Waals surface area contributed by atoms with Crippen molar-refractivity contribution in [2.75, 3.05) is 6.61 Å². The smallest absolute Gasteiger partial charge is 0.463 e. The third kappa shape index (κ3) is 4.97. The number of carbonyl (C=O) groups is 3. The van der Waals surface area contributed by atoms with Crippen molar-refractivity contribution in [3.05, 3.63) is 14.8 Å². The zero-order valence-corrected chi connectivity index (χ0v) is 15.9. The van der Waals surface area contributed by atoms with Gasteiger partial charge in [-0.1, -0.05) is 0 Å². The highest BCUT2D eigenvalue weighted by atomic mass is 79.9. The van der Waals surface area contributed by atoms with Crippen LogP contribution in [-0.4, -0.2) is 62.5 Å². The fraction of sp³-hybridized carbons (Fsp3) is 0.615. The molecule has 0 saturated carbocycles. The fourth-order valence-corrected chi connectivity index (χ4v) is 2.86. The van der Waals surface area contributed by atoms with Crippen molar-refractivity contribution in [1.82, 2.24) is 14.8 Å². The Morgan fingerprint density at radius 1 is 1.19 bits per heavy atom. The van der Waals surface area contributed by atoms with Gasteiger partial charge in [-0.15, -0.1) is 4.68 Å². The molecule has 0 amide bonds. The van der Waals surface area contributed by atoms with E-state index in [2.05, 4.69) is 26.0 Å². The molecule has 0 unspecified atom stereocenters. The minimum atomic E-state index is -1.23. The van der Waals surface area contributed by atoms with Gasteiger partial charge in [0, 0.05) is 41.8 Å². The molecule has 148 valence electrons. The standard InChI is InChI=1S/C13H15BrN4O9/c1-5(19)24-4-8-9(25-6(2)20)10(26-7(3)21)11(27-8)17-12(14)15-13(16-17)18(22)23/h8-11H,4H2,1-3H3/t8-,9-,10+,11-/m1/s1. The van der Waals surface area contributed by atoms with Crippen LogP contribution >= 0.6 is 15.9 Å². The molecule has 0 aliphatic carbocycles. The molecule has 2 heterocycles. The van der Waals surface area contributed by atoms with E-state index in [1.165, 1.54) is 6.92 Å². The molecular weight excluding hydrogens is 436 g/mol. The number of carbonyl (C=O) groups excluding carboxylic acids is 3. The highest BCUT2D eigenvalue weighted by Gasteiger charge is 2.52. The number of esters is 3. The number of halogens is 1. The van der Waals surface area contributed by atoms with Gasteiger partial charge in [0.2, 0.25) is 6.23 Å². The largest absolute Gasteiger partial charge is 0.492 e. The summed E-state index contributed by atoms with van der Waals surface area (Å²) in [6.07, 6.45) is -4.60. The number of nitrogens with zero attached hydrogens (tertiary/aromatic N) is 4. The van der Waals surface area contributed by atoms with Crippen molar-refractivity contribution >= 4 is 39.8 Å². The van der Waals surface area contributed by atoms with Crippen LogP contribution < -0.4 is 0 Å². The van der Waals surface area contributed by atoms with Crippen LogP contribution in [0.15, 0.2) is 4.73 Å². The average Bonchev–Trinajstić information content (AvgIpc) is 3.06. The van der Waals surface area contributed by atoms with Gasteiger partial charge < -0.3 is 29.1 Å². The van der Waals surface area contributed by atoms with Gasteiger partial charge in [0.05, 0.1) is 0 Å². The van der Waals surface area contributed by atoms with E-state index < -0.39 is 53.3 Å². The molecule has 0 N–H and O–H groups in total. The number of ether oxygens (including phenoxy) is 4. The van der Waals surface area contributed by atoms with Crippen LogP contribution in [0.2, 0.25) is 0 Å². The van der Waals surface area contributed by atoms with Gasteiger partial charge in [-0.3, -0.25) is 14.4 Å². The maximum Gasteiger partial charge on any atom is 0.492 e. The van der Waals surface area contributed by atoms with Gasteiger partial charge in [0.25, 0.3) is 4.73 Å². The zero-order valence-electron chi connectivity index (χ0n) is 14.4. The maximum atomic E-state index is 11.5. The molecule has 0 bridgehead atoms. The van der Waals surface area contributed by atoms with E-state index in [0.717, 1.165) is 18.5 Å². The Morgan fingerprint density at radius 3 is 2.26 bits per heavy atom. The second-order valence-electron chi connectivity index (χ2n) is 5.40. The molecule has 2 rings (SSSR count). The molecule has 1 saturated heterocycles. The van der Waals surface area contributed by atoms with Crippen molar-refractivity contribution in [1.29, 1.82) is 0 Å². The summed E-state index contributed by atoms with van der Waals surface area (Å²) in [5.74, 6) is -2.74. The van der Waals surface area contributed by atoms with Crippen LogP contribution in [0.25, 0.3) is 0 Å². The second kappa shape index (κ2) is 8.39. The summed E-state index contributed by atoms with van der Waals surface area (Å²) in [6, 6.07) is 0. The summed E-state index contributed by atoms with van der Waals surface area (Å²) in [5, 5.41) is 14.6. The number of aromatic nitrogens is 3. The quantitative estimate of drug-likeness (QED) is 0.253. The van der Waals surface area contributed by atoms with Crippen molar-refractivity contribution in [3.63, 3.8) is 0 Å². The molecule has 1 aromatic heterocycles. The van der Waals surface area contributed by atoms with Crippen LogP contribution in [0, 0.1) is 10.1 Å². The van der Waals surface area contributed by atoms with Gasteiger partial charge in [0.1, 0.15) is 12.7 Å². The van der Waals surface area contributed by atoms with Crippen LogP contribution in [-0.2, 0) is 33.3 Å². The van der Waals surface area contributed by atoms with Crippen LogP contribution in [0.3, 0.4) is 0 Å². The third-order valence-corrected chi connectivity index (χ3v) is 3.86. The van der Waals surface area contributed by atoms with Crippen molar-refractivity contribution < 1.29 is 38.3 Å². The molecule has 1 fully saturated rings. The lowest BCUT2D eigenvalue weighted by Gasteiger charge is -2.22. The van der Waals surface area contributed by atoms with E-state index >= 15 is 0 Å². The lowest BCUT2D eigenvalue weighted by atomic mass is 10.1. The number of hydrogen-bond donors (Lipinski definition) is 0. The van der Waals surface area contributed by atoms with Crippen molar-refractivity contribution in [2.24, 2.45) is 0 Å². The summed E-state index contributed by atoms with van der Waals surface area (Å²) in [5.41, 5.74) is 0. The van der Waals surface area contributed by atoms with E-state index in [0.29, 0.717) is 0 Å². The maximum absolute atomic E-state index is 11.5. The molecule has 14 heteroatoms. The highest BCUT2D eigenvalue weighted by molar-refractivity contribution is 9.10. The summed E-state index contributed by atoms with van der Waals surface area (Å²) >= 11 is 3.01. The Bertz CT molecular complexity index is 767. The molecule has 0 aromatic carbocycles. The van der Waals surface area contributed by atoms with Crippen LogP contribution in [0.4, 0.5) is 5.95 Å². The number of nitro groups is 1. The second-order valence-corrected chi connectivity index (χ2v) is 6.11. The summed E-state index contributed by atoms with van der Waals surface area (Å²) in [7, 11) is 0. The van der Waals surface area contributed by atoms with E-state index in [4.69, 9.17) is 18.9 Å². The van der Waals surface area contributed by atoms with Crippen molar-refractivity contribution in [2.45, 2.75) is 45.3 Å². The summed E-state index contributed by atoms with van der Waals surface area (Å²) in [4.78, 5) is 47.7.